The highest BCUT2D eigenvalue weighted by atomic mass is 16.6. The summed E-state index contributed by atoms with van der Waals surface area (Å²) in [6.45, 7) is 10.3. The maximum absolute atomic E-state index is 12.6. The maximum Gasteiger partial charge on any atom is 0.410 e. The van der Waals surface area contributed by atoms with Gasteiger partial charge in [0.2, 0.25) is 0 Å². The molecule has 22 heavy (non-hydrogen) atoms. The highest BCUT2D eigenvalue weighted by Crippen LogP contribution is 2.35. The van der Waals surface area contributed by atoms with Crippen molar-refractivity contribution in [2.45, 2.75) is 65.3 Å². The van der Waals surface area contributed by atoms with Crippen LogP contribution >= 0.6 is 0 Å². The van der Waals surface area contributed by atoms with Crippen molar-refractivity contribution in [1.82, 2.24) is 4.90 Å². The van der Waals surface area contributed by atoms with Crippen molar-refractivity contribution in [3.8, 4) is 0 Å². The second-order valence-corrected chi connectivity index (χ2v) is 7.45. The Morgan fingerprint density at radius 2 is 2.00 bits per heavy atom. The lowest BCUT2D eigenvalue weighted by atomic mass is 9.87. The van der Waals surface area contributed by atoms with Crippen LogP contribution in [0, 0.1) is 5.92 Å². The Labute approximate surface area is 133 Å². The van der Waals surface area contributed by atoms with E-state index >= 15 is 0 Å². The quantitative estimate of drug-likeness (QED) is 0.902. The van der Waals surface area contributed by atoms with Crippen LogP contribution in [-0.4, -0.2) is 27.7 Å². The predicted octanol–water partition coefficient (Wildman–Crippen LogP) is 3.89. The molecule has 0 fully saturated rings. The highest BCUT2D eigenvalue weighted by Gasteiger charge is 2.38. The molecular weight excluding hydrogens is 278 g/mol. The molecule has 0 saturated carbocycles. The number of amides is 1. The molecular formula is C18H27NO3. The lowest BCUT2D eigenvalue weighted by molar-refractivity contribution is -0.0208. The number of hydrogen-bond acceptors (Lipinski definition) is 3. The van der Waals surface area contributed by atoms with Gasteiger partial charge in [-0.1, -0.05) is 38.1 Å². The van der Waals surface area contributed by atoms with Crippen molar-refractivity contribution in [2.24, 2.45) is 5.92 Å². The summed E-state index contributed by atoms with van der Waals surface area (Å²) >= 11 is 0. The largest absolute Gasteiger partial charge is 0.444 e. The zero-order valence-electron chi connectivity index (χ0n) is 14.2. The summed E-state index contributed by atoms with van der Waals surface area (Å²) < 4.78 is 5.53. The average molecular weight is 305 g/mol. The van der Waals surface area contributed by atoms with Gasteiger partial charge in [-0.05, 0) is 44.2 Å². The number of rotatable bonds is 2. The van der Waals surface area contributed by atoms with Crippen molar-refractivity contribution in [3.05, 3.63) is 35.4 Å². The lowest BCUT2D eigenvalue weighted by Gasteiger charge is -2.41. The first-order valence-electron chi connectivity index (χ1n) is 7.94. The maximum atomic E-state index is 12.6. The second-order valence-electron chi connectivity index (χ2n) is 7.45. The summed E-state index contributed by atoms with van der Waals surface area (Å²) in [4.78, 5) is 14.2. The van der Waals surface area contributed by atoms with Gasteiger partial charge in [0.15, 0.2) is 0 Å². The van der Waals surface area contributed by atoms with Gasteiger partial charge in [-0.25, -0.2) is 4.79 Å². The van der Waals surface area contributed by atoms with Crippen molar-refractivity contribution in [2.75, 3.05) is 0 Å². The van der Waals surface area contributed by atoms with E-state index in [0.29, 0.717) is 12.5 Å². The van der Waals surface area contributed by atoms with Crippen LogP contribution in [0.3, 0.4) is 0 Å². The summed E-state index contributed by atoms with van der Waals surface area (Å²) in [5.41, 5.74) is 1.37. The fourth-order valence-corrected chi connectivity index (χ4v) is 2.90. The zero-order chi connectivity index (χ0) is 16.5. The van der Waals surface area contributed by atoms with E-state index in [4.69, 9.17) is 4.74 Å². The third-order valence-electron chi connectivity index (χ3n) is 3.82. The first-order valence-corrected chi connectivity index (χ1v) is 7.94. The predicted molar refractivity (Wildman–Crippen MR) is 86.4 cm³/mol. The Morgan fingerprint density at radius 3 is 2.59 bits per heavy atom. The molecule has 0 spiro atoms. The van der Waals surface area contributed by atoms with E-state index in [0.717, 1.165) is 17.5 Å². The van der Waals surface area contributed by atoms with E-state index in [9.17, 15) is 9.90 Å². The number of carbonyl (C=O) groups is 1. The van der Waals surface area contributed by atoms with Gasteiger partial charge in [-0.2, -0.15) is 0 Å². The van der Waals surface area contributed by atoms with Gasteiger partial charge >= 0.3 is 6.09 Å². The number of aliphatic hydroxyl groups excluding tert-OH is 1. The van der Waals surface area contributed by atoms with E-state index in [-0.39, 0.29) is 12.1 Å². The molecule has 1 aliphatic rings. The molecule has 0 saturated heterocycles. The summed E-state index contributed by atoms with van der Waals surface area (Å²) in [6, 6.07) is 7.52. The third-order valence-corrected chi connectivity index (χ3v) is 3.82. The molecule has 4 heteroatoms. The molecule has 1 aromatic rings. The monoisotopic (exact) mass is 305 g/mol. The average Bonchev–Trinajstić information content (AvgIpc) is 2.39. The summed E-state index contributed by atoms with van der Waals surface area (Å²) in [6.07, 6.45) is -0.277. The van der Waals surface area contributed by atoms with E-state index in [1.807, 2.05) is 45.0 Å². The Morgan fingerprint density at radius 1 is 1.36 bits per heavy atom. The molecule has 1 N–H and O–H groups in total. The minimum Gasteiger partial charge on any atom is -0.444 e. The molecule has 0 aromatic heterocycles. The van der Waals surface area contributed by atoms with Crippen LogP contribution in [0.15, 0.2) is 24.3 Å². The molecule has 0 radical (unpaired) electrons. The number of fused-ring (bicyclic) bond motifs is 1. The van der Waals surface area contributed by atoms with Crippen molar-refractivity contribution in [1.29, 1.82) is 0 Å². The van der Waals surface area contributed by atoms with Gasteiger partial charge < -0.3 is 9.84 Å². The van der Waals surface area contributed by atoms with Gasteiger partial charge in [-0.15, -0.1) is 0 Å². The third kappa shape index (κ3) is 3.80. The van der Waals surface area contributed by atoms with E-state index < -0.39 is 11.7 Å². The normalized spacial score (nSPS) is 21.7. The molecule has 1 heterocycles. The summed E-state index contributed by atoms with van der Waals surface area (Å²) in [7, 11) is 0. The number of aliphatic hydroxyl groups is 1. The van der Waals surface area contributed by atoms with Crippen LogP contribution in [0.5, 0.6) is 0 Å². The van der Waals surface area contributed by atoms with Crippen molar-refractivity contribution < 1.29 is 14.6 Å². The van der Waals surface area contributed by atoms with Gasteiger partial charge in [-0.3, -0.25) is 4.90 Å². The molecule has 1 amide bonds. The Balaban J connectivity index is 2.31. The fraction of sp³-hybridized carbons (Fsp3) is 0.611. The molecule has 1 aliphatic heterocycles. The van der Waals surface area contributed by atoms with Gasteiger partial charge in [0.25, 0.3) is 0 Å². The SMILES string of the molecule is CC(C)C[C@@H]1C(O)c2ccccc2CN1C(=O)OC(C)(C)C. The molecule has 2 rings (SSSR count). The smallest absolute Gasteiger partial charge is 0.410 e. The first-order chi connectivity index (χ1) is 10.2. The second kappa shape index (κ2) is 6.29. The lowest BCUT2D eigenvalue weighted by Crippen LogP contribution is -2.49. The van der Waals surface area contributed by atoms with Crippen LogP contribution in [-0.2, 0) is 11.3 Å². The first kappa shape index (κ1) is 16.8. The molecule has 0 bridgehead atoms. The molecule has 1 aromatic carbocycles. The van der Waals surface area contributed by atoms with Crippen LogP contribution in [0.1, 0.15) is 58.3 Å². The van der Waals surface area contributed by atoms with E-state index in [1.165, 1.54) is 0 Å². The van der Waals surface area contributed by atoms with Crippen LogP contribution in [0.4, 0.5) is 4.79 Å². The van der Waals surface area contributed by atoms with Crippen LogP contribution in [0.25, 0.3) is 0 Å². The molecule has 2 atom stereocenters. The standard InChI is InChI=1S/C18H27NO3/c1-12(2)10-15-16(20)14-9-7-6-8-13(14)11-19(15)17(21)22-18(3,4)5/h6-9,12,15-16,20H,10-11H2,1-5H3/t15-,16?/m1/s1. The van der Waals surface area contributed by atoms with Crippen LogP contribution < -0.4 is 0 Å². The van der Waals surface area contributed by atoms with Crippen LogP contribution in [0.2, 0.25) is 0 Å². The van der Waals surface area contributed by atoms with Crippen molar-refractivity contribution in [3.63, 3.8) is 0 Å². The minimum atomic E-state index is -0.667. The molecule has 1 unspecified atom stereocenters. The highest BCUT2D eigenvalue weighted by molar-refractivity contribution is 5.69. The van der Waals surface area contributed by atoms with Gasteiger partial charge in [0.05, 0.1) is 12.1 Å². The van der Waals surface area contributed by atoms with Gasteiger partial charge in [0, 0.05) is 6.54 Å². The van der Waals surface area contributed by atoms with Gasteiger partial charge in [0.1, 0.15) is 5.60 Å². The number of ether oxygens (including phenoxy) is 1. The van der Waals surface area contributed by atoms with E-state index in [1.54, 1.807) is 4.90 Å². The summed E-state index contributed by atoms with van der Waals surface area (Å²) in [5, 5.41) is 10.7. The fourth-order valence-electron chi connectivity index (χ4n) is 2.90. The number of carbonyl (C=O) groups excluding carboxylic acids is 1. The Bertz CT molecular complexity index is 533. The number of nitrogens with zero attached hydrogens (tertiary/aromatic N) is 1. The molecule has 122 valence electrons. The van der Waals surface area contributed by atoms with Crippen molar-refractivity contribution >= 4 is 6.09 Å². The number of hydrogen-bond donors (Lipinski definition) is 1. The Kier molecular flexibility index (Phi) is 4.81. The topological polar surface area (TPSA) is 49.8 Å². The molecule has 4 nitrogen and oxygen atoms in total. The van der Waals surface area contributed by atoms with E-state index in [2.05, 4.69) is 13.8 Å². The zero-order valence-corrected chi connectivity index (χ0v) is 14.2. The summed E-state index contributed by atoms with van der Waals surface area (Å²) in [5.74, 6) is 0.384. The number of benzene rings is 1. The minimum absolute atomic E-state index is 0.246. The molecule has 0 aliphatic carbocycles. The Hall–Kier alpha value is -1.55.